The number of rotatable bonds is 6. The molecule has 0 radical (unpaired) electrons. The zero-order valence-corrected chi connectivity index (χ0v) is 13.4. The Bertz CT molecular complexity index is 552. The van der Waals surface area contributed by atoms with E-state index < -0.39 is 6.10 Å². The molecule has 6 heteroatoms. The molecular weight excluding hydrogens is 286 g/mol. The predicted molar refractivity (Wildman–Crippen MR) is 84.6 cm³/mol. The van der Waals surface area contributed by atoms with E-state index in [9.17, 15) is 5.11 Å². The molecule has 0 spiro atoms. The second kappa shape index (κ2) is 6.98. The van der Waals surface area contributed by atoms with Crippen LogP contribution < -0.4 is 10.1 Å². The summed E-state index contributed by atoms with van der Waals surface area (Å²) in [7, 11) is 0. The predicted octanol–water partition coefficient (Wildman–Crippen LogP) is 2.33. The summed E-state index contributed by atoms with van der Waals surface area (Å²) in [5.74, 6) is 0.473. The fourth-order valence-corrected chi connectivity index (χ4v) is 2.22. The van der Waals surface area contributed by atoms with Gasteiger partial charge in [-0.15, -0.1) is 4.37 Å². The van der Waals surface area contributed by atoms with Crippen LogP contribution in [0.5, 0.6) is 5.88 Å². The van der Waals surface area contributed by atoms with Crippen molar-refractivity contribution in [2.75, 3.05) is 13.2 Å². The summed E-state index contributed by atoms with van der Waals surface area (Å²) in [5.41, 5.74) is 1.65. The van der Waals surface area contributed by atoms with E-state index in [4.69, 9.17) is 4.74 Å². The molecule has 0 amide bonds. The molecule has 2 aromatic rings. The number of benzene rings is 1. The van der Waals surface area contributed by atoms with Gasteiger partial charge < -0.3 is 15.2 Å². The molecule has 114 valence electrons. The quantitative estimate of drug-likeness (QED) is 0.857. The number of hydrogen-bond donors (Lipinski definition) is 2. The number of nitrogens with one attached hydrogen (secondary N) is 1. The van der Waals surface area contributed by atoms with Gasteiger partial charge >= 0.3 is 0 Å². The van der Waals surface area contributed by atoms with Crippen LogP contribution in [-0.4, -0.2) is 38.6 Å². The third-order valence-electron chi connectivity index (χ3n) is 2.79. The van der Waals surface area contributed by atoms with Crippen LogP contribution in [0.15, 0.2) is 30.3 Å². The molecule has 0 fully saturated rings. The topological polar surface area (TPSA) is 67.3 Å². The zero-order valence-electron chi connectivity index (χ0n) is 12.5. The van der Waals surface area contributed by atoms with Gasteiger partial charge in [0.2, 0.25) is 0 Å². The van der Waals surface area contributed by atoms with Gasteiger partial charge in [0.05, 0.1) is 11.7 Å². The first kappa shape index (κ1) is 15.9. The van der Waals surface area contributed by atoms with E-state index in [1.165, 1.54) is 0 Å². The molecule has 0 bridgehead atoms. The zero-order chi connectivity index (χ0) is 15.3. The third kappa shape index (κ3) is 5.08. The van der Waals surface area contributed by atoms with E-state index in [1.54, 1.807) is 0 Å². The molecule has 1 aromatic carbocycles. The van der Waals surface area contributed by atoms with Crippen molar-refractivity contribution in [1.82, 2.24) is 14.1 Å². The number of nitrogens with zero attached hydrogens (tertiary/aromatic N) is 2. The molecule has 1 atom stereocenters. The highest BCUT2D eigenvalue weighted by Gasteiger charge is 2.15. The molecule has 0 aliphatic rings. The monoisotopic (exact) mass is 307 g/mol. The number of hydrogen-bond acceptors (Lipinski definition) is 6. The minimum absolute atomic E-state index is 0.0294. The highest BCUT2D eigenvalue weighted by molar-refractivity contribution is 6.99. The van der Waals surface area contributed by atoms with Crippen LogP contribution in [0, 0.1) is 0 Å². The van der Waals surface area contributed by atoms with Crippen molar-refractivity contribution in [1.29, 1.82) is 0 Å². The lowest BCUT2D eigenvalue weighted by Gasteiger charge is -2.22. The fourth-order valence-electron chi connectivity index (χ4n) is 1.71. The summed E-state index contributed by atoms with van der Waals surface area (Å²) in [6.45, 7) is 6.82. The molecule has 21 heavy (non-hydrogen) atoms. The van der Waals surface area contributed by atoms with E-state index in [-0.39, 0.29) is 12.1 Å². The summed E-state index contributed by atoms with van der Waals surface area (Å²) in [6.07, 6.45) is -0.588. The normalized spacial score (nSPS) is 13.1. The maximum absolute atomic E-state index is 9.94. The average molecular weight is 307 g/mol. The van der Waals surface area contributed by atoms with Crippen LogP contribution in [-0.2, 0) is 0 Å². The summed E-state index contributed by atoms with van der Waals surface area (Å²) in [6, 6.07) is 9.76. The van der Waals surface area contributed by atoms with Crippen LogP contribution in [0.3, 0.4) is 0 Å². The van der Waals surface area contributed by atoms with E-state index in [0.29, 0.717) is 12.4 Å². The van der Waals surface area contributed by atoms with Gasteiger partial charge in [-0.25, -0.2) is 0 Å². The van der Waals surface area contributed by atoms with Gasteiger partial charge in [-0.2, -0.15) is 4.37 Å². The number of aliphatic hydroxyl groups excluding tert-OH is 1. The van der Waals surface area contributed by atoms with Gasteiger partial charge in [-0.05, 0) is 20.8 Å². The molecule has 2 N–H and O–H groups in total. The molecule has 0 saturated carbocycles. The Balaban J connectivity index is 1.91. The van der Waals surface area contributed by atoms with Gasteiger partial charge in [0.1, 0.15) is 18.4 Å². The third-order valence-corrected chi connectivity index (χ3v) is 3.30. The Morgan fingerprint density at radius 2 is 1.95 bits per heavy atom. The molecule has 2 rings (SSSR count). The van der Waals surface area contributed by atoms with Crippen molar-refractivity contribution in [2.45, 2.75) is 32.4 Å². The first-order valence-corrected chi connectivity index (χ1v) is 7.62. The van der Waals surface area contributed by atoms with Crippen molar-refractivity contribution < 1.29 is 9.84 Å². The largest absolute Gasteiger partial charge is 0.473 e. The summed E-state index contributed by atoms with van der Waals surface area (Å²) < 4.78 is 14.0. The van der Waals surface area contributed by atoms with Crippen molar-refractivity contribution in [3.63, 3.8) is 0 Å². The number of aromatic nitrogens is 2. The number of aliphatic hydroxyl groups is 1. The van der Waals surface area contributed by atoms with Gasteiger partial charge in [-0.3, -0.25) is 0 Å². The van der Waals surface area contributed by atoms with Crippen molar-refractivity contribution >= 4 is 11.7 Å². The Morgan fingerprint density at radius 1 is 1.24 bits per heavy atom. The summed E-state index contributed by atoms with van der Waals surface area (Å²) >= 11 is 1.11. The second-order valence-corrected chi connectivity index (χ2v) is 6.41. The Hall–Kier alpha value is -1.50. The molecule has 0 aliphatic carbocycles. The fraction of sp³-hybridized carbons (Fsp3) is 0.467. The minimum Gasteiger partial charge on any atom is -0.473 e. The van der Waals surface area contributed by atoms with Crippen LogP contribution in [0.2, 0.25) is 0 Å². The van der Waals surface area contributed by atoms with Crippen molar-refractivity contribution in [3.05, 3.63) is 30.3 Å². The van der Waals surface area contributed by atoms with Gasteiger partial charge in [0.15, 0.2) is 0 Å². The molecule has 0 saturated heterocycles. The maximum Gasteiger partial charge on any atom is 0.254 e. The average Bonchev–Trinajstić information content (AvgIpc) is 2.91. The lowest BCUT2D eigenvalue weighted by molar-refractivity contribution is 0.0985. The SMILES string of the molecule is CC(C)(C)NC[C@H](O)COc1nsnc1-c1ccccc1. The van der Waals surface area contributed by atoms with E-state index >= 15 is 0 Å². The summed E-state index contributed by atoms with van der Waals surface area (Å²) in [4.78, 5) is 0. The first-order chi connectivity index (χ1) is 9.96. The molecule has 1 heterocycles. The highest BCUT2D eigenvalue weighted by Crippen LogP contribution is 2.27. The van der Waals surface area contributed by atoms with Gasteiger partial charge in [-0.1, -0.05) is 30.3 Å². The first-order valence-electron chi connectivity index (χ1n) is 6.89. The lowest BCUT2D eigenvalue weighted by atomic mass is 10.1. The Kier molecular flexibility index (Phi) is 5.27. The van der Waals surface area contributed by atoms with Crippen molar-refractivity contribution in [3.8, 4) is 17.1 Å². The number of ether oxygens (including phenoxy) is 1. The number of β-amino-alcohol motifs (C(OH)–C–C–N with tert-alkyl or cyclic N) is 1. The van der Waals surface area contributed by atoms with Crippen LogP contribution in [0.25, 0.3) is 11.3 Å². The molecule has 0 aliphatic heterocycles. The van der Waals surface area contributed by atoms with E-state index in [0.717, 1.165) is 23.0 Å². The van der Waals surface area contributed by atoms with E-state index in [2.05, 4.69) is 34.8 Å². The highest BCUT2D eigenvalue weighted by atomic mass is 32.1. The van der Waals surface area contributed by atoms with Crippen LogP contribution >= 0.6 is 11.7 Å². The lowest BCUT2D eigenvalue weighted by Crippen LogP contribution is -2.42. The Morgan fingerprint density at radius 3 is 2.62 bits per heavy atom. The van der Waals surface area contributed by atoms with Gasteiger partial charge in [0.25, 0.3) is 5.88 Å². The maximum atomic E-state index is 9.94. The van der Waals surface area contributed by atoms with Crippen LogP contribution in [0.4, 0.5) is 0 Å². The molecule has 5 nitrogen and oxygen atoms in total. The standard InChI is InChI=1S/C15H21N3O2S/c1-15(2,3)16-9-12(19)10-20-14-13(17-21-18-14)11-7-5-4-6-8-11/h4-8,12,16,19H,9-10H2,1-3H3/t12-/m0/s1. The van der Waals surface area contributed by atoms with Gasteiger partial charge in [0, 0.05) is 17.6 Å². The van der Waals surface area contributed by atoms with Crippen molar-refractivity contribution in [2.24, 2.45) is 0 Å². The smallest absolute Gasteiger partial charge is 0.254 e. The second-order valence-electron chi connectivity index (χ2n) is 5.88. The molecule has 0 unspecified atom stereocenters. The molecular formula is C15H21N3O2S. The Labute approximate surface area is 129 Å². The summed E-state index contributed by atoms with van der Waals surface area (Å²) in [5, 5.41) is 13.2. The minimum atomic E-state index is -0.588. The van der Waals surface area contributed by atoms with E-state index in [1.807, 2.05) is 30.3 Å². The van der Waals surface area contributed by atoms with Crippen LogP contribution in [0.1, 0.15) is 20.8 Å². The molecule has 1 aromatic heterocycles.